The van der Waals surface area contributed by atoms with Gasteiger partial charge in [0.05, 0.1) is 0 Å². The van der Waals surface area contributed by atoms with E-state index in [0.717, 1.165) is 9.80 Å². The summed E-state index contributed by atoms with van der Waals surface area (Å²) in [5, 5.41) is 34.7. The molecule has 0 aromatic heterocycles. The van der Waals surface area contributed by atoms with Gasteiger partial charge in [-0.1, -0.05) is 80.4 Å². The number of carbonyl (C=O) groups is 9. The number of esters is 1. The first kappa shape index (κ1) is 54.5. The molecule has 1 unspecified atom stereocenters. The fourth-order valence-corrected chi connectivity index (χ4v) is 7.87. The number of hydrogen-bond donors (Lipinski definition) is 8. The van der Waals surface area contributed by atoms with Crippen LogP contribution in [0.3, 0.4) is 0 Å². The van der Waals surface area contributed by atoms with Crippen molar-refractivity contribution in [3.63, 3.8) is 0 Å². The fourth-order valence-electron chi connectivity index (χ4n) is 7.87. The van der Waals surface area contributed by atoms with Gasteiger partial charge in [0.2, 0.25) is 47.3 Å². The number of phenols is 1. The number of phenolic OH excluding ortho intramolecular Hbond substituents is 1. The molecule has 2 bridgehead atoms. The summed E-state index contributed by atoms with van der Waals surface area (Å²) in [7, 11) is 1.38. The van der Waals surface area contributed by atoms with E-state index < -0.39 is 126 Å². The maximum Gasteiger partial charge on any atom is 0.329 e. The molecule has 0 saturated carbocycles. The number of aromatic hydroxyl groups is 1. The Bertz CT molecular complexity index is 1910. The second-order valence-electron chi connectivity index (χ2n) is 18.4. The molecule has 1 aromatic rings. The Balaban J connectivity index is 2.27. The molecular weight excluding hydrogens is 857 g/mol. The van der Waals surface area contributed by atoms with Gasteiger partial charge in [-0.25, -0.2) is 4.79 Å². The minimum absolute atomic E-state index is 0.0226. The van der Waals surface area contributed by atoms with Gasteiger partial charge >= 0.3 is 5.97 Å². The van der Waals surface area contributed by atoms with Crippen molar-refractivity contribution in [1.82, 2.24) is 36.4 Å². The highest BCUT2D eigenvalue weighted by molar-refractivity contribution is 5.98. The van der Waals surface area contributed by atoms with Gasteiger partial charge in [-0.3, -0.25) is 38.4 Å². The molecule has 11 atom stereocenters. The van der Waals surface area contributed by atoms with Crippen molar-refractivity contribution in [2.75, 3.05) is 7.05 Å². The molecule has 0 aliphatic carbocycles. The Hall–Kier alpha value is -5.79. The summed E-state index contributed by atoms with van der Waals surface area (Å²) in [6.45, 7) is 15.0. The molecule has 66 heavy (non-hydrogen) atoms. The van der Waals surface area contributed by atoms with Crippen molar-refractivity contribution in [3.8, 4) is 5.75 Å². The first-order chi connectivity index (χ1) is 30.9. The molecule has 2 fully saturated rings. The SMILES string of the molecule is CC[C@H](C)[C@@H]1NC(=O)C(Cc2ccc(O)cc2)N(C)C(=O)[C@H]([C@@H](C)CC)N2C(=O)[C@H](CC[C@H]2O)NC(=O)[C@H](CC(C)C)NC(=O)[C@@H](NC(=O)[C@H](CCC(N)=O)NC(=O)C(C)C)[C@@H](C)OC1=O. The minimum Gasteiger partial charge on any atom is -0.508 e. The number of amides is 8. The number of nitrogens with one attached hydrogen (secondary N) is 5. The summed E-state index contributed by atoms with van der Waals surface area (Å²) >= 11 is 0. The van der Waals surface area contributed by atoms with Crippen LogP contribution in [0.5, 0.6) is 5.75 Å². The third kappa shape index (κ3) is 14.6. The van der Waals surface area contributed by atoms with E-state index in [1.807, 2.05) is 0 Å². The largest absolute Gasteiger partial charge is 0.508 e. The third-order valence-electron chi connectivity index (χ3n) is 12.4. The number of ether oxygens (including phenoxy) is 1. The summed E-state index contributed by atoms with van der Waals surface area (Å²) in [6.07, 6.45) is -2.95. The molecule has 2 aliphatic heterocycles. The van der Waals surface area contributed by atoms with E-state index in [9.17, 15) is 53.4 Å². The van der Waals surface area contributed by atoms with Crippen LogP contribution in [0.15, 0.2) is 24.3 Å². The zero-order valence-electron chi connectivity index (χ0n) is 39.9. The molecule has 0 radical (unpaired) electrons. The molecule has 2 aliphatic rings. The van der Waals surface area contributed by atoms with Crippen molar-refractivity contribution in [2.24, 2.45) is 29.4 Å². The number of rotatable bonds is 15. The zero-order valence-corrected chi connectivity index (χ0v) is 39.9. The van der Waals surface area contributed by atoms with Crippen LogP contribution in [-0.2, 0) is 54.3 Å². The molecule has 1 aromatic carbocycles. The highest BCUT2D eigenvalue weighted by Gasteiger charge is 2.47. The lowest BCUT2D eigenvalue weighted by Crippen LogP contribution is -2.66. The Morgan fingerprint density at radius 1 is 0.848 bits per heavy atom. The Kier molecular flexibility index (Phi) is 20.4. The van der Waals surface area contributed by atoms with E-state index in [-0.39, 0.29) is 50.2 Å². The fraction of sp³-hybridized carbons (Fsp3) is 0.674. The molecular formula is C46H72N8O12. The molecule has 3 rings (SSSR count). The van der Waals surface area contributed by atoms with E-state index in [1.54, 1.807) is 67.5 Å². The van der Waals surface area contributed by atoms with Crippen LogP contribution < -0.4 is 32.3 Å². The first-order valence-electron chi connectivity index (χ1n) is 23.0. The highest BCUT2D eigenvalue weighted by Crippen LogP contribution is 2.28. The van der Waals surface area contributed by atoms with Crippen molar-refractivity contribution in [1.29, 1.82) is 0 Å². The quantitative estimate of drug-likeness (QED) is 0.112. The zero-order chi connectivity index (χ0) is 49.7. The molecule has 368 valence electrons. The average Bonchev–Trinajstić information content (AvgIpc) is 3.25. The van der Waals surface area contributed by atoms with E-state index in [4.69, 9.17) is 10.5 Å². The van der Waals surface area contributed by atoms with Gasteiger partial charge in [-0.15, -0.1) is 0 Å². The number of aliphatic hydroxyl groups is 1. The predicted octanol–water partition coefficient (Wildman–Crippen LogP) is 0.500. The number of fused-ring (bicyclic) bond motifs is 2. The summed E-state index contributed by atoms with van der Waals surface area (Å²) in [5.41, 5.74) is 5.90. The molecule has 2 saturated heterocycles. The molecule has 8 amide bonds. The maximum absolute atomic E-state index is 14.9. The van der Waals surface area contributed by atoms with Crippen molar-refractivity contribution in [3.05, 3.63) is 29.8 Å². The lowest BCUT2D eigenvalue weighted by atomic mass is 9.91. The van der Waals surface area contributed by atoms with Crippen LogP contribution in [0, 0.1) is 23.7 Å². The molecule has 9 N–H and O–H groups in total. The molecule has 2 heterocycles. The highest BCUT2D eigenvalue weighted by atomic mass is 16.5. The topological polar surface area (TPSA) is 296 Å². The number of nitrogens with zero attached hydrogens (tertiary/aromatic N) is 2. The summed E-state index contributed by atoms with van der Waals surface area (Å²) in [5.74, 6) is -9.27. The summed E-state index contributed by atoms with van der Waals surface area (Å²) < 4.78 is 5.91. The standard InChI is InChI=1S/C46H72N8O12/c1-11-25(7)36-46(65)66-27(9)37(52-40(59)30(17-19-34(47)56)48-39(58)24(5)6)43(62)50-32(21-23(3)4)41(60)49-31-18-20-35(57)54(44(31)63)38(26(8)12-2)45(64)53(10)33(42(61)51-36)22-28-13-15-29(55)16-14-28/h13-16,23-27,30-33,35-38,55,57H,11-12,17-22H2,1-10H3,(H2,47,56)(H,48,58)(H,49,60)(H,50,62)(H,51,61)(H,52,59)/t25-,26-,27+,30-,31-,32-,33?,35+,36-,37-,38-/m0/s1. The number of carbonyl (C=O) groups excluding carboxylic acids is 9. The molecule has 0 spiro atoms. The van der Waals surface area contributed by atoms with E-state index in [2.05, 4.69) is 26.6 Å². The third-order valence-corrected chi connectivity index (χ3v) is 12.4. The smallest absolute Gasteiger partial charge is 0.329 e. The number of nitrogens with two attached hydrogens (primary N) is 1. The minimum atomic E-state index is -1.74. The number of likely N-dealkylation sites (N-methyl/N-ethyl adjacent to an activating group) is 1. The Morgan fingerprint density at radius 3 is 2.03 bits per heavy atom. The van der Waals surface area contributed by atoms with Gasteiger partial charge in [0.15, 0.2) is 0 Å². The predicted molar refractivity (Wildman–Crippen MR) is 241 cm³/mol. The van der Waals surface area contributed by atoms with Crippen LogP contribution in [0.2, 0.25) is 0 Å². The van der Waals surface area contributed by atoms with E-state index in [1.165, 1.54) is 26.1 Å². The van der Waals surface area contributed by atoms with E-state index in [0.29, 0.717) is 18.4 Å². The van der Waals surface area contributed by atoms with Crippen LogP contribution in [0.4, 0.5) is 0 Å². The van der Waals surface area contributed by atoms with Crippen molar-refractivity contribution >= 4 is 53.2 Å². The van der Waals surface area contributed by atoms with Gasteiger partial charge in [-0.2, -0.15) is 0 Å². The summed E-state index contributed by atoms with van der Waals surface area (Å²) in [6, 6.07) is -3.79. The van der Waals surface area contributed by atoms with E-state index >= 15 is 0 Å². The maximum atomic E-state index is 14.9. The lowest BCUT2D eigenvalue weighted by molar-refractivity contribution is -0.168. The lowest BCUT2D eigenvalue weighted by Gasteiger charge is -2.44. The Morgan fingerprint density at radius 2 is 1.47 bits per heavy atom. The number of primary amides is 1. The average molecular weight is 929 g/mol. The monoisotopic (exact) mass is 929 g/mol. The van der Waals surface area contributed by atoms with Crippen LogP contribution >= 0.6 is 0 Å². The van der Waals surface area contributed by atoms with Gasteiger partial charge < -0.3 is 57.1 Å². The summed E-state index contributed by atoms with van der Waals surface area (Å²) in [4.78, 5) is 128. The molecule has 20 heteroatoms. The Labute approximate surface area is 387 Å². The van der Waals surface area contributed by atoms with Crippen molar-refractivity contribution in [2.45, 2.75) is 168 Å². The van der Waals surface area contributed by atoms with Crippen molar-refractivity contribution < 1.29 is 58.1 Å². The first-order valence-corrected chi connectivity index (χ1v) is 23.0. The number of hydrogen-bond acceptors (Lipinski definition) is 12. The van der Waals surface area contributed by atoms with Crippen LogP contribution in [0.25, 0.3) is 0 Å². The number of benzene rings is 1. The van der Waals surface area contributed by atoms with Gasteiger partial charge in [0.1, 0.15) is 60.4 Å². The molecule has 20 nitrogen and oxygen atoms in total. The van der Waals surface area contributed by atoms with Gasteiger partial charge in [0, 0.05) is 25.8 Å². The number of cyclic esters (lactones) is 1. The van der Waals surface area contributed by atoms with Crippen LogP contribution in [-0.4, -0.2) is 135 Å². The second-order valence-corrected chi connectivity index (χ2v) is 18.4. The normalized spacial score (nSPS) is 26.4. The van der Waals surface area contributed by atoms with Gasteiger partial charge in [-0.05, 0) is 68.1 Å². The number of piperidine rings is 1. The number of aliphatic hydroxyl groups excluding tert-OH is 1. The van der Waals surface area contributed by atoms with Crippen LogP contribution in [0.1, 0.15) is 113 Å². The second kappa shape index (κ2) is 24.7. The van der Waals surface area contributed by atoms with Gasteiger partial charge in [0.25, 0.3) is 0 Å².